The van der Waals surface area contributed by atoms with E-state index in [9.17, 15) is 19.2 Å². The van der Waals surface area contributed by atoms with E-state index in [2.05, 4.69) is 0 Å². The van der Waals surface area contributed by atoms with E-state index in [1.807, 2.05) is 48.5 Å². The van der Waals surface area contributed by atoms with Gasteiger partial charge in [0.1, 0.15) is 6.29 Å². The summed E-state index contributed by atoms with van der Waals surface area (Å²) in [6.07, 6.45) is 0.857. The molecule has 3 aliphatic carbocycles. The molecule has 7 rings (SSSR count). The molecule has 34 heavy (non-hydrogen) atoms. The molecule has 0 radical (unpaired) electrons. The predicted octanol–water partition coefficient (Wildman–Crippen LogP) is 3.61. The quantitative estimate of drug-likeness (QED) is 0.344. The number of imide groups is 1. The number of ether oxygens (including phenoxy) is 1. The van der Waals surface area contributed by atoms with Gasteiger partial charge >= 0.3 is 5.97 Å². The first-order chi connectivity index (χ1) is 16.5. The first-order valence-electron chi connectivity index (χ1n) is 11.3. The fraction of sp³-hybridized carbons (Fsp3) is 0.214. The molecule has 3 aromatic carbocycles. The van der Waals surface area contributed by atoms with E-state index in [0.29, 0.717) is 11.3 Å². The lowest BCUT2D eigenvalue weighted by Crippen LogP contribution is -2.54. The molecule has 0 unspecified atom stereocenters. The second kappa shape index (κ2) is 7.22. The summed E-state index contributed by atoms with van der Waals surface area (Å²) in [5.41, 5.74) is 2.95. The molecule has 2 atom stereocenters. The molecule has 168 valence electrons. The zero-order chi connectivity index (χ0) is 23.6. The molecule has 0 N–H and O–H groups in total. The van der Waals surface area contributed by atoms with Crippen LogP contribution in [0.15, 0.2) is 72.8 Å². The maximum absolute atomic E-state index is 13.9. The molecule has 2 bridgehead atoms. The minimum absolute atomic E-state index is 0.253. The van der Waals surface area contributed by atoms with Crippen molar-refractivity contribution in [2.24, 2.45) is 11.8 Å². The number of amides is 2. The molecule has 4 aliphatic rings. The fourth-order valence-electron chi connectivity index (χ4n) is 6.25. The molecule has 1 aliphatic heterocycles. The van der Waals surface area contributed by atoms with Gasteiger partial charge in [0.15, 0.2) is 0 Å². The van der Waals surface area contributed by atoms with Gasteiger partial charge in [0.25, 0.3) is 0 Å². The lowest BCUT2D eigenvalue weighted by molar-refractivity contribution is -0.128. The number of hydrogen-bond acceptors (Lipinski definition) is 5. The second-order valence-corrected chi connectivity index (χ2v) is 8.92. The van der Waals surface area contributed by atoms with Gasteiger partial charge in [0, 0.05) is 5.92 Å². The van der Waals surface area contributed by atoms with Gasteiger partial charge in [-0.2, -0.15) is 0 Å². The van der Waals surface area contributed by atoms with Crippen LogP contribution in [0, 0.1) is 11.8 Å². The van der Waals surface area contributed by atoms with E-state index in [1.54, 1.807) is 31.2 Å². The first-order valence-corrected chi connectivity index (χ1v) is 11.3. The molecule has 0 saturated carbocycles. The Morgan fingerprint density at radius 3 is 2.06 bits per heavy atom. The summed E-state index contributed by atoms with van der Waals surface area (Å²) in [5, 5.41) is 0. The molecular formula is C28H21NO5. The van der Waals surface area contributed by atoms with Crippen molar-refractivity contribution in [2.45, 2.75) is 18.3 Å². The normalized spacial score (nSPS) is 26.0. The third-order valence-electron chi connectivity index (χ3n) is 7.51. The van der Waals surface area contributed by atoms with Gasteiger partial charge in [-0.1, -0.05) is 48.5 Å². The van der Waals surface area contributed by atoms with Crippen LogP contribution in [0.4, 0.5) is 5.69 Å². The largest absolute Gasteiger partial charge is 0.462 e. The molecule has 1 heterocycles. The van der Waals surface area contributed by atoms with Crippen molar-refractivity contribution >= 4 is 29.8 Å². The number of rotatable bonds is 4. The minimum Gasteiger partial charge on any atom is -0.462 e. The van der Waals surface area contributed by atoms with Crippen LogP contribution in [-0.2, 0) is 24.5 Å². The van der Waals surface area contributed by atoms with Crippen LogP contribution < -0.4 is 4.90 Å². The molecule has 6 nitrogen and oxygen atoms in total. The Bertz CT molecular complexity index is 1330. The fourth-order valence-corrected chi connectivity index (χ4v) is 6.25. The van der Waals surface area contributed by atoms with Crippen LogP contribution in [0.3, 0.4) is 0 Å². The van der Waals surface area contributed by atoms with Crippen LogP contribution in [0.25, 0.3) is 0 Å². The predicted molar refractivity (Wildman–Crippen MR) is 123 cm³/mol. The van der Waals surface area contributed by atoms with Gasteiger partial charge in [0.05, 0.1) is 35.1 Å². The van der Waals surface area contributed by atoms with E-state index in [1.165, 1.54) is 4.90 Å². The van der Waals surface area contributed by atoms with Gasteiger partial charge in [-0.05, 0) is 53.4 Å². The average molecular weight is 451 g/mol. The molecule has 0 spiro atoms. The summed E-state index contributed by atoms with van der Waals surface area (Å²) in [6.45, 7) is 1.98. The lowest BCUT2D eigenvalue weighted by atomic mass is 9.48. The van der Waals surface area contributed by atoms with Gasteiger partial charge in [-0.25, -0.2) is 9.69 Å². The Kier molecular flexibility index (Phi) is 4.36. The molecule has 6 heteroatoms. The van der Waals surface area contributed by atoms with Gasteiger partial charge in [0.2, 0.25) is 11.8 Å². The minimum atomic E-state index is -1.22. The third-order valence-corrected chi connectivity index (χ3v) is 7.51. The van der Waals surface area contributed by atoms with Crippen molar-refractivity contribution in [1.29, 1.82) is 0 Å². The summed E-state index contributed by atoms with van der Waals surface area (Å²) < 4.78 is 5.02. The number of carbonyl (C=O) groups is 4. The van der Waals surface area contributed by atoms with E-state index in [-0.39, 0.29) is 24.3 Å². The van der Waals surface area contributed by atoms with Gasteiger partial charge in [-0.15, -0.1) is 0 Å². The highest BCUT2D eigenvalue weighted by molar-refractivity contribution is 6.24. The zero-order valence-corrected chi connectivity index (χ0v) is 18.4. The maximum Gasteiger partial charge on any atom is 0.338 e. The molecular weight excluding hydrogens is 430 g/mol. The number of hydrogen-bond donors (Lipinski definition) is 0. The Labute approximate surface area is 196 Å². The standard InChI is InChI=1S/C28H21NO5/c1-2-34-27(33)16-11-13-17(14-12-16)29-25(31)23-22-18-7-3-5-9-20(18)28(15-30,24(23)26(29)32)21-10-6-4-8-19(21)22/h3-15,22-24H,2H2,1H3/t22?,23-,24+,28?/m0/s1. The highest BCUT2D eigenvalue weighted by Crippen LogP contribution is 2.63. The maximum atomic E-state index is 13.9. The van der Waals surface area contributed by atoms with Crippen molar-refractivity contribution in [1.82, 2.24) is 0 Å². The van der Waals surface area contributed by atoms with E-state index in [0.717, 1.165) is 28.5 Å². The van der Waals surface area contributed by atoms with Crippen molar-refractivity contribution < 1.29 is 23.9 Å². The van der Waals surface area contributed by atoms with Crippen LogP contribution in [0.5, 0.6) is 0 Å². The zero-order valence-electron chi connectivity index (χ0n) is 18.4. The summed E-state index contributed by atoms with van der Waals surface area (Å²) in [5.74, 6) is -2.98. The van der Waals surface area contributed by atoms with Crippen molar-refractivity contribution in [3.8, 4) is 0 Å². The molecule has 1 fully saturated rings. The number of carbonyl (C=O) groups excluding carboxylic acids is 4. The highest BCUT2D eigenvalue weighted by atomic mass is 16.5. The summed E-state index contributed by atoms with van der Waals surface area (Å²) in [4.78, 5) is 53.9. The van der Waals surface area contributed by atoms with Gasteiger partial charge < -0.3 is 9.53 Å². The number of nitrogens with zero attached hydrogens (tertiary/aromatic N) is 1. The summed E-state index contributed by atoms with van der Waals surface area (Å²) in [6, 6.07) is 21.5. The number of aldehydes is 1. The van der Waals surface area contributed by atoms with E-state index in [4.69, 9.17) is 4.74 Å². The summed E-state index contributed by atoms with van der Waals surface area (Å²) in [7, 11) is 0. The van der Waals surface area contributed by atoms with Crippen LogP contribution >= 0.6 is 0 Å². The van der Waals surface area contributed by atoms with Crippen LogP contribution in [-0.4, -0.2) is 30.7 Å². The number of anilines is 1. The van der Waals surface area contributed by atoms with Crippen molar-refractivity contribution in [2.75, 3.05) is 11.5 Å². The third kappa shape index (κ3) is 2.40. The lowest BCUT2D eigenvalue weighted by Gasteiger charge is -2.51. The SMILES string of the molecule is CCOC(=O)c1ccc(N2C(=O)[C@H]3C4c5ccccc5C(C=O)(c5ccccc54)[C@H]3C2=O)cc1. The van der Waals surface area contributed by atoms with Crippen LogP contribution in [0.1, 0.15) is 45.5 Å². The molecule has 1 saturated heterocycles. The number of esters is 1. The molecule has 0 aromatic heterocycles. The second-order valence-electron chi connectivity index (χ2n) is 8.92. The van der Waals surface area contributed by atoms with Crippen molar-refractivity contribution in [3.05, 3.63) is 101 Å². The number of benzene rings is 3. The van der Waals surface area contributed by atoms with E-state index < -0.39 is 23.2 Å². The van der Waals surface area contributed by atoms with Crippen LogP contribution in [0.2, 0.25) is 0 Å². The van der Waals surface area contributed by atoms with E-state index >= 15 is 0 Å². The Morgan fingerprint density at radius 2 is 1.50 bits per heavy atom. The Hall–Kier alpha value is -4.06. The molecule has 2 amide bonds. The average Bonchev–Trinajstić information content (AvgIpc) is 3.15. The molecule has 3 aromatic rings. The highest BCUT2D eigenvalue weighted by Gasteiger charge is 2.68. The Morgan fingerprint density at radius 1 is 0.912 bits per heavy atom. The van der Waals surface area contributed by atoms with Crippen molar-refractivity contribution in [3.63, 3.8) is 0 Å². The van der Waals surface area contributed by atoms with Gasteiger partial charge in [-0.3, -0.25) is 9.59 Å². The monoisotopic (exact) mass is 451 g/mol. The topological polar surface area (TPSA) is 80.8 Å². The smallest absolute Gasteiger partial charge is 0.338 e. The Balaban J connectivity index is 1.51. The first kappa shape index (κ1) is 20.5. The summed E-state index contributed by atoms with van der Waals surface area (Å²) >= 11 is 0.